The quantitative estimate of drug-likeness (QED) is 0.653. The van der Waals surface area contributed by atoms with Crippen LogP contribution >= 0.6 is 0 Å². The maximum absolute atomic E-state index is 12.2. The molecular formula is C17H15NO5. The van der Waals surface area contributed by atoms with Crippen LogP contribution in [0.15, 0.2) is 48.5 Å². The first-order valence-corrected chi connectivity index (χ1v) is 6.84. The normalized spacial score (nSPS) is 9.96. The van der Waals surface area contributed by atoms with Crippen molar-refractivity contribution in [3.05, 3.63) is 59.7 Å². The molecule has 0 atom stereocenters. The molecule has 118 valence electrons. The molecule has 0 saturated carbocycles. The standard InChI is InChI=1S/C17H15NO5/c1-11(19)23-15-4-2-3-13(10-15)17(22)18-14-7-5-12(6-8-14)9-16(20)21/h2-8,10H,9H2,1H3,(H,18,22)(H,20,21). The molecule has 2 aromatic rings. The van der Waals surface area contributed by atoms with Gasteiger partial charge in [0.05, 0.1) is 6.42 Å². The lowest BCUT2D eigenvalue weighted by Crippen LogP contribution is -2.12. The van der Waals surface area contributed by atoms with Gasteiger partial charge in [0.25, 0.3) is 5.91 Å². The average Bonchev–Trinajstić information content (AvgIpc) is 2.48. The molecule has 6 heteroatoms. The Balaban J connectivity index is 2.06. The van der Waals surface area contributed by atoms with Gasteiger partial charge in [0.2, 0.25) is 0 Å². The number of benzene rings is 2. The van der Waals surface area contributed by atoms with Crippen LogP contribution in [0.2, 0.25) is 0 Å². The highest BCUT2D eigenvalue weighted by Crippen LogP contribution is 2.16. The Morgan fingerprint density at radius 2 is 1.78 bits per heavy atom. The van der Waals surface area contributed by atoms with Crippen LogP contribution in [0.4, 0.5) is 5.69 Å². The van der Waals surface area contributed by atoms with Crippen molar-refractivity contribution in [3.63, 3.8) is 0 Å². The summed E-state index contributed by atoms with van der Waals surface area (Å²) >= 11 is 0. The van der Waals surface area contributed by atoms with Gasteiger partial charge in [0.1, 0.15) is 5.75 Å². The highest BCUT2D eigenvalue weighted by Gasteiger charge is 2.08. The monoisotopic (exact) mass is 313 g/mol. The lowest BCUT2D eigenvalue weighted by molar-refractivity contribution is -0.136. The summed E-state index contributed by atoms with van der Waals surface area (Å²) in [6.07, 6.45) is -0.0708. The number of carbonyl (C=O) groups is 3. The molecule has 2 rings (SSSR count). The summed E-state index contributed by atoms with van der Waals surface area (Å²) < 4.78 is 4.93. The van der Waals surface area contributed by atoms with E-state index in [1.807, 2.05) is 0 Å². The number of hydrogen-bond acceptors (Lipinski definition) is 4. The van der Waals surface area contributed by atoms with Crippen LogP contribution in [0.1, 0.15) is 22.8 Å². The molecule has 2 aromatic carbocycles. The van der Waals surface area contributed by atoms with Crippen molar-refractivity contribution in [2.75, 3.05) is 5.32 Å². The van der Waals surface area contributed by atoms with Gasteiger partial charge in [-0.05, 0) is 35.9 Å². The Morgan fingerprint density at radius 3 is 2.39 bits per heavy atom. The minimum absolute atomic E-state index is 0.0708. The molecule has 23 heavy (non-hydrogen) atoms. The molecule has 0 radical (unpaired) electrons. The van der Waals surface area contributed by atoms with Crippen molar-refractivity contribution in [2.24, 2.45) is 0 Å². The molecule has 0 unspecified atom stereocenters. The largest absolute Gasteiger partial charge is 0.481 e. The van der Waals surface area contributed by atoms with Crippen LogP contribution in [-0.2, 0) is 16.0 Å². The van der Waals surface area contributed by atoms with E-state index in [2.05, 4.69) is 5.32 Å². The van der Waals surface area contributed by atoms with Crippen LogP contribution in [0.5, 0.6) is 5.75 Å². The van der Waals surface area contributed by atoms with Crippen molar-refractivity contribution in [3.8, 4) is 5.75 Å². The van der Waals surface area contributed by atoms with Crippen LogP contribution in [0, 0.1) is 0 Å². The highest BCUT2D eigenvalue weighted by atomic mass is 16.5. The van der Waals surface area contributed by atoms with Crippen LogP contribution < -0.4 is 10.1 Å². The van der Waals surface area contributed by atoms with E-state index in [-0.39, 0.29) is 12.3 Å². The number of esters is 1. The van der Waals surface area contributed by atoms with E-state index in [1.54, 1.807) is 42.5 Å². The maximum Gasteiger partial charge on any atom is 0.308 e. The number of carboxylic acid groups (broad SMARTS) is 1. The van der Waals surface area contributed by atoms with E-state index in [1.165, 1.54) is 13.0 Å². The Kier molecular flexibility index (Phi) is 5.09. The summed E-state index contributed by atoms with van der Waals surface area (Å²) in [5, 5.41) is 11.4. The third-order valence-corrected chi connectivity index (χ3v) is 2.92. The zero-order chi connectivity index (χ0) is 16.8. The number of hydrogen-bond donors (Lipinski definition) is 2. The van der Waals surface area contributed by atoms with E-state index in [0.29, 0.717) is 22.6 Å². The molecule has 2 N–H and O–H groups in total. The second kappa shape index (κ2) is 7.22. The van der Waals surface area contributed by atoms with E-state index >= 15 is 0 Å². The molecule has 0 spiro atoms. The van der Waals surface area contributed by atoms with E-state index in [0.717, 1.165) is 0 Å². The SMILES string of the molecule is CC(=O)Oc1cccc(C(=O)Nc2ccc(CC(=O)O)cc2)c1. The molecule has 0 aliphatic heterocycles. The third kappa shape index (κ3) is 4.96. The molecule has 1 amide bonds. The Labute approximate surface area is 132 Å². The molecular weight excluding hydrogens is 298 g/mol. The number of carboxylic acids is 1. The minimum atomic E-state index is -0.913. The number of anilines is 1. The lowest BCUT2D eigenvalue weighted by Gasteiger charge is -2.07. The Hall–Kier alpha value is -3.15. The number of carbonyl (C=O) groups excluding carboxylic acids is 2. The molecule has 0 saturated heterocycles. The molecule has 0 aliphatic carbocycles. The Bertz CT molecular complexity index is 737. The zero-order valence-corrected chi connectivity index (χ0v) is 12.4. The fourth-order valence-electron chi connectivity index (χ4n) is 1.95. The molecule has 0 aliphatic rings. The van der Waals surface area contributed by atoms with Gasteiger partial charge < -0.3 is 15.2 Å². The fraction of sp³-hybridized carbons (Fsp3) is 0.118. The Morgan fingerprint density at radius 1 is 1.09 bits per heavy atom. The van der Waals surface area contributed by atoms with Gasteiger partial charge in [-0.2, -0.15) is 0 Å². The summed E-state index contributed by atoms with van der Waals surface area (Å²) in [6.45, 7) is 1.28. The zero-order valence-electron chi connectivity index (χ0n) is 12.4. The van der Waals surface area contributed by atoms with Crippen molar-refractivity contribution in [1.82, 2.24) is 0 Å². The van der Waals surface area contributed by atoms with E-state index < -0.39 is 11.9 Å². The predicted octanol–water partition coefficient (Wildman–Crippen LogP) is 2.49. The van der Waals surface area contributed by atoms with Gasteiger partial charge in [0, 0.05) is 18.2 Å². The van der Waals surface area contributed by atoms with Crippen molar-refractivity contribution in [2.45, 2.75) is 13.3 Å². The first-order valence-electron chi connectivity index (χ1n) is 6.84. The molecule has 6 nitrogen and oxygen atoms in total. The maximum atomic E-state index is 12.2. The highest BCUT2D eigenvalue weighted by molar-refractivity contribution is 6.04. The van der Waals surface area contributed by atoms with Crippen molar-refractivity contribution >= 4 is 23.5 Å². The molecule has 0 bridgehead atoms. The second-order valence-corrected chi connectivity index (χ2v) is 4.84. The summed E-state index contributed by atoms with van der Waals surface area (Å²) in [6, 6.07) is 12.8. The van der Waals surface area contributed by atoms with Gasteiger partial charge in [-0.3, -0.25) is 14.4 Å². The van der Waals surface area contributed by atoms with Gasteiger partial charge in [-0.1, -0.05) is 18.2 Å². The third-order valence-electron chi connectivity index (χ3n) is 2.92. The number of aliphatic carboxylic acids is 1. The fourth-order valence-corrected chi connectivity index (χ4v) is 1.95. The second-order valence-electron chi connectivity index (χ2n) is 4.84. The first-order chi connectivity index (χ1) is 10.9. The van der Waals surface area contributed by atoms with Gasteiger partial charge in [0.15, 0.2) is 0 Å². The minimum Gasteiger partial charge on any atom is -0.481 e. The van der Waals surface area contributed by atoms with Crippen molar-refractivity contribution < 1.29 is 24.2 Å². The first kappa shape index (κ1) is 16.2. The lowest BCUT2D eigenvalue weighted by atomic mass is 10.1. The summed E-state index contributed by atoms with van der Waals surface area (Å²) in [5.74, 6) is -1.44. The van der Waals surface area contributed by atoms with Crippen LogP contribution in [-0.4, -0.2) is 23.0 Å². The average molecular weight is 313 g/mol. The number of ether oxygens (including phenoxy) is 1. The van der Waals surface area contributed by atoms with E-state index in [4.69, 9.17) is 9.84 Å². The van der Waals surface area contributed by atoms with Crippen LogP contribution in [0.25, 0.3) is 0 Å². The van der Waals surface area contributed by atoms with Gasteiger partial charge >= 0.3 is 11.9 Å². The molecule has 0 heterocycles. The topological polar surface area (TPSA) is 92.7 Å². The summed E-state index contributed by atoms with van der Waals surface area (Å²) in [5.41, 5.74) is 1.53. The van der Waals surface area contributed by atoms with E-state index in [9.17, 15) is 14.4 Å². The summed E-state index contributed by atoms with van der Waals surface area (Å²) in [7, 11) is 0. The van der Waals surface area contributed by atoms with Crippen LogP contribution in [0.3, 0.4) is 0 Å². The number of rotatable bonds is 5. The van der Waals surface area contributed by atoms with Gasteiger partial charge in [-0.25, -0.2) is 0 Å². The van der Waals surface area contributed by atoms with Crippen molar-refractivity contribution in [1.29, 1.82) is 0 Å². The predicted molar refractivity (Wildman–Crippen MR) is 83.5 cm³/mol. The van der Waals surface area contributed by atoms with Gasteiger partial charge in [-0.15, -0.1) is 0 Å². The summed E-state index contributed by atoms with van der Waals surface area (Å²) in [4.78, 5) is 33.7. The molecule has 0 fully saturated rings. The number of nitrogens with one attached hydrogen (secondary N) is 1. The smallest absolute Gasteiger partial charge is 0.308 e. The molecule has 0 aromatic heterocycles. The number of amides is 1.